The number of rotatable bonds is 7. The van der Waals surface area contributed by atoms with Gasteiger partial charge in [-0.25, -0.2) is 0 Å². The second kappa shape index (κ2) is 7.61. The molecule has 3 heteroatoms. The number of aromatic nitrogens is 1. The Hall–Kier alpha value is -1.12. The van der Waals surface area contributed by atoms with Gasteiger partial charge in [-0.3, -0.25) is 4.98 Å². The van der Waals surface area contributed by atoms with Crippen LogP contribution in [0.5, 0.6) is 0 Å². The van der Waals surface area contributed by atoms with Crippen LogP contribution in [0, 0.1) is 5.92 Å². The van der Waals surface area contributed by atoms with Crippen LogP contribution in [0.4, 0.5) is 0 Å². The molecule has 0 aliphatic rings. The lowest BCUT2D eigenvalue weighted by Gasteiger charge is -2.09. The quantitative estimate of drug-likeness (QED) is 0.762. The maximum atomic E-state index is 6.21. The Kier molecular flexibility index (Phi) is 5.81. The third-order valence-corrected chi connectivity index (χ3v) is 3.73. The van der Waals surface area contributed by atoms with E-state index in [1.807, 2.05) is 24.4 Å². The summed E-state index contributed by atoms with van der Waals surface area (Å²) in [6.07, 6.45) is 5.28. The summed E-state index contributed by atoms with van der Waals surface area (Å²) in [7, 11) is 0. The Morgan fingerprint density at radius 2 is 2.05 bits per heavy atom. The normalized spacial score (nSPS) is 11.4. The van der Waals surface area contributed by atoms with Crippen molar-refractivity contribution in [3.63, 3.8) is 0 Å². The van der Waals surface area contributed by atoms with Gasteiger partial charge in [0.1, 0.15) is 0 Å². The van der Waals surface area contributed by atoms with Crippen molar-refractivity contribution in [2.45, 2.75) is 33.1 Å². The minimum absolute atomic E-state index is 0.722. The fraction of sp³-hybridized carbons (Fsp3) is 0.471. The molecule has 1 aromatic carbocycles. The molecule has 2 nitrogen and oxygen atoms in total. The standard InChI is InChI=1S/C17H23ClN2/c1-13(2)12-19-10-4-3-6-14-8-9-16(18)15-7-5-11-20-17(14)15/h5,7-9,11,13,19H,3-4,6,10,12H2,1-2H3. The summed E-state index contributed by atoms with van der Waals surface area (Å²) in [6, 6.07) is 8.07. The first-order valence-electron chi connectivity index (χ1n) is 7.41. The van der Waals surface area contributed by atoms with Gasteiger partial charge in [-0.1, -0.05) is 31.5 Å². The predicted molar refractivity (Wildman–Crippen MR) is 87.4 cm³/mol. The lowest BCUT2D eigenvalue weighted by atomic mass is 10.0. The van der Waals surface area contributed by atoms with E-state index >= 15 is 0 Å². The summed E-state index contributed by atoms with van der Waals surface area (Å²) >= 11 is 6.21. The second-order valence-electron chi connectivity index (χ2n) is 5.66. The molecule has 1 aromatic heterocycles. The molecule has 0 aliphatic carbocycles. The molecule has 108 valence electrons. The summed E-state index contributed by atoms with van der Waals surface area (Å²) in [5.74, 6) is 0.722. The Labute approximate surface area is 126 Å². The maximum Gasteiger partial charge on any atom is 0.0748 e. The van der Waals surface area contributed by atoms with Crippen LogP contribution in [0.1, 0.15) is 32.3 Å². The van der Waals surface area contributed by atoms with Gasteiger partial charge in [-0.2, -0.15) is 0 Å². The highest BCUT2D eigenvalue weighted by Gasteiger charge is 2.05. The molecule has 0 aliphatic heterocycles. The third kappa shape index (κ3) is 4.19. The summed E-state index contributed by atoms with van der Waals surface area (Å²) < 4.78 is 0. The van der Waals surface area contributed by atoms with Crippen LogP contribution in [-0.4, -0.2) is 18.1 Å². The van der Waals surface area contributed by atoms with Crippen molar-refractivity contribution < 1.29 is 0 Å². The first-order chi connectivity index (χ1) is 9.68. The van der Waals surface area contributed by atoms with Gasteiger partial charge in [-0.05, 0) is 62.0 Å². The molecular weight excluding hydrogens is 268 g/mol. The number of hydrogen-bond acceptors (Lipinski definition) is 2. The lowest BCUT2D eigenvalue weighted by molar-refractivity contribution is 0.535. The largest absolute Gasteiger partial charge is 0.316 e. The molecule has 0 radical (unpaired) electrons. The zero-order valence-electron chi connectivity index (χ0n) is 12.3. The molecule has 0 saturated heterocycles. The number of nitrogens with zero attached hydrogens (tertiary/aromatic N) is 1. The highest BCUT2D eigenvalue weighted by molar-refractivity contribution is 6.35. The molecule has 0 fully saturated rings. The van der Waals surface area contributed by atoms with Crippen LogP contribution in [0.15, 0.2) is 30.5 Å². The Bertz CT molecular complexity index is 552. The number of benzene rings is 1. The van der Waals surface area contributed by atoms with Crippen molar-refractivity contribution in [3.8, 4) is 0 Å². The van der Waals surface area contributed by atoms with Crippen LogP contribution in [-0.2, 0) is 6.42 Å². The molecular formula is C17H23ClN2. The fourth-order valence-corrected chi connectivity index (χ4v) is 2.57. The molecule has 0 unspecified atom stereocenters. The number of fused-ring (bicyclic) bond motifs is 1. The average Bonchev–Trinajstić information content (AvgIpc) is 2.45. The van der Waals surface area contributed by atoms with Gasteiger partial charge in [0, 0.05) is 16.6 Å². The predicted octanol–water partition coefficient (Wildman–Crippen LogP) is 4.46. The van der Waals surface area contributed by atoms with Gasteiger partial charge in [0.05, 0.1) is 5.52 Å². The highest BCUT2D eigenvalue weighted by Crippen LogP contribution is 2.25. The number of halogens is 1. The third-order valence-electron chi connectivity index (χ3n) is 3.40. The van der Waals surface area contributed by atoms with Crippen LogP contribution in [0.3, 0.4) is 0 Å². The molecule has 2 aromatic rings. The van der Waals surface area contributed by atoms with Crippen LogP contribution in [0.25, 0.3) is 10.9 Å². The minimum Gasteiger partial charge on any atom is -0.316 e. The van der Waals surface area contributed by atoms with Gasteiger partial charge >= 0.3 is 0 Å². The average molecular weight is 291 g/mol. The van der Waals surface area contributed by atoms with E-state index in [-0.39, 0.29) is 0 Å². The number of hydrogen-bond donors (Lipinski definition) is 1. The highest BCUT2D eigenvalue weighted by atomic mass is 35.5. The van der Waals surface area contributed by atoms with Crippen LogP contribution in [0.2, 0.25) is 5.02 Å². The lowest BCUT2D eigenvalue weighted by Crippen LogP contribution is -2.20. The van der Waals surface area contributed by atoms with Gasteiger partial charge in [-0.15, -0.1) is 0 Å². The van der Waals surface area contributed by atoms with Gasteiger partial charge in [0.25, 0.3) is 0 Å². The van der Waals surface area contributed by atoms with Crippen molar-refractivity contribution in [2.24, 2.45) is 5.92 Å². The van der Waals surface area contributed by atoms with Gasteiger partial charge in [0.2, 0.25) is 0 Å². The zero-order chi connectivity index (χ0) is 14.4. The number of unbranched alkanes of at least 4 members (excludes halogenated alkanes) is 1. The molecule has 0 spiro atoms. The Morgan fingerprint density at radius 3 is 2.85 bits per heavy atom. The van der Waals surface area contributed by atoms with E-state index in [0.717, 1.165) is 41.4 Å². The second-order valence-corrected chi connectivity index (χ2v) is 6.07. The van der Waals surface area contributed by atoms with Crippen molar-refractivity contribution in [1.29, 1.82) is 0 Å². The topological polar surface area (TPSA) is 24.9 Å². The first kappa shape index (κ1) is 15.3. The van der Waals surface area contributed by atoms with Crippen molar-refractivity contribution in [1.82, 2.24) is 10.3 Å². The summed E-state index contributed by atoms with van der Waals surface area (Å²) in [5, 5.41) is 5.33. The van der Waals surface area contributed by atoms with Gasteiger partial charge < -0.3 is 5.32 Å². The zero-order valence-corrected chi connectivity index (χ0v) is 13.1. The summed E-state index contributed by atoms with van der Waals surface area (Å²) in [4.78, 5) is 4.48. The van der Waals surface area contributed by atoms with Crippen molar-refractivity contribution >= 4 is 22.5 Å². The van der Waals surface area contributed by atoms with Crippen molar-refractivity contribution in [2.75, 3.05) is 13.1 Å². The maximum absolute atomic E-state index is 6.21. The number of pyridine rings is 1. The van der Waals surface area contributed by atoms with E-state index in [4.69, 9.17) is 11.6 Å². The minimum atomic E-state index is 0.722. The summed E-state index contributed by atoms with van der Waals surface area (Å²) in [6.45, 7) is 6.67. The molecule has 0 atom stereocenters. The molecule has 1 heterocycles. The van der Waals surface area contributed by atoms with Gasteiger partial charge in [0.15, 0.2) is 0 Å². The first-order valence-corrected chi connectivity index (χ1v) is 7.79. The number of aryl methyl sites for hydroxylation is 1. The van der Waals surface area contributed by atoms with Crippen LogP contribution >= 0.6 is 11.6 Å². The SMILES string of the molecule is CC(C)CNCCCCc1ccc(Cl)c2cccnc12. The van der Waals surface area contributed by atoms with E-state index in [1.165, 1.54) is 18.4 Å². The fourth-order valence-electron chi connectivity index (χ4n) is 2.35. The molecule has 1 N–H and O–H groups in total. The molecule has 20 heavy (non-hydrogen) atoms. The molecule has 0 amide bonds. The van der Waals surface area contributed by atoms with Crippen LogP contribution < -0.4 is 5.32 Å². The Balaban J connectivity index is 1.89. The van der Waals surface area contributed by atoms with E-state index in [9.17, 15) is 0 Å². The molecule has 2 rings (SSSR count). The van der Waals surface area contributed by atoms with E-state index in [2.05, 4.69) is 30.2 Å². The van der Waals surface area contributed by atoms with E-state index < -0.39 is 0 Å². The summed E-state index contributed by atoms with van der Waals surface area (Å²) in [5.41, 5.74) is 2.35. The van der Waals surface area contributed by atoms with E-state index in [0.29, 0.717) is 0 Å². The molecule has 0 bridgehead atoms. The van der Waals surface area contributed by atoms with Crippen molar-refractivity contribution in [3.05, 3.63) is 41.0 Å². The number of nitrogens with one attached hydrogen (secondary N) is 1. The Morgan fingerprint density at radius 1 is 1.20 bits per heavy atom. The van der Waals surface area contributed by atoms with E-state index in [1.54, 1.807) is 0 Å². The monoisotopic (exact) mass is 290 g/mol. The molecule has 0 saturated carbocycles. The smallest absolute Gasteiger partial charge is 0.0748 e.